The molecule has 1 N–H and O–H groups in total. The number of hydrogen-bond donors (Lipinski definition) is 1. The monoisotopic (exact) mass is 361 g/mol. The van der Waals surface area contributed by atoms with Gasteiger partial charge in [-0.05, 0) is 37.3 Å². The first-order valence-electron chi connectivity index (χ1n) is 9.31. The maximum atomic E-state index is 4.64. The summed E-state index contributed by atoms with van der Waals surface area (Å²) in [5, 5.41) is 11.6. The van der Waals surface area contributed by atoms with Crippen LogP contribution in [0.3, 0.4) is 0 Å². The van der Waals surface area contributed by atoms with E-state index in [1.165, 1.54) is 12.0 Å². The third-order valence-corrected chi connectivity index (χ3v) is 4.88. The number of piperidine rings is 1. The van der Waals surface area contributed by atoms with Gasteiger partial charge < -0.3 is 10.2 Å². The molecule has 0 spiro atoms. The second-order valence-electron chi connectivity index (χ2n) is 6.86. The summed E-state index contributed by atoms with van der Waals surface area (Å²) in [5.74, 6) is 1.87. The molecule has 0 radical (unpaired) electrons. The van der Waals surface area contributed by atoms with E-state index in [1.54, 1.807) is 18.6 Å². The van der Waals surface area contributed by atoms with Crippen LogP contribution in [0.15, 0.2) is 48.9 Å². The van der Waals surface area contributed by atoms with Crippen LogP contribution in [0.25, 0.3) is 11.3 Å². The van der Waals surface area contributed by atoms with Crippen molar-refractivity contribution in [2.24, 2.45) is 5.92 Å². The van der Waals surface area contributed by atoms with Crippen LogP contribution in [0.1, 0.15) is 18.4 Å². The van der Waals surface area contributed by atoms with Crippen molar-refractivity contribution in [3.8, 4) is 11.3 Å². The van der Waals surface area contributed by atoms with E-state index < -0.39 is 0 Å². The summed E-state index contributed by atoms with van der Waals surface area (Å²) < 4.78 is 0. The van der Waals surface area contributed by atoms with Gasteiger partial charge in [0.2, 0.25) is 11.9 Å². The number of anilines is 2. The van der Waals surface area contributed by atoms with E-state index in [0.717, 1.165) is 43.3 Å². The first kappa shape index (κ1) is 17.3. The molecule has 0 saturated carbocycles. The number of nitrogens with one attached hydrogen (secondary N) is 1. The minimum Gasteiger partial charge on any atom is -0.353 e. The molecule has 4 rings (SSSR count). The second-order valence-corrected chi connectivity index (χ2v) is 6.86. The Hall–Kier alpha value is -3.09. The summed E-state index contributed by atoms with van der Waals surface area (Å²) >= 11 is 0. The number of rotatable bonds is 5. The third kappa shape index (κ3) is 4.19. The summed E-state index contributed by atoms with van der Waals surface area (Å²) in [5.41, 5.74) is 3.10. The molecule has 1 unspecified atom stereocenters. The fourth-order valence-electron chi connectivity index (χ4n) is 3.47. The highest BCUT2D eigenvalue weighted by Gasteiger charge is 2.21. The molecule has 3 aromatic rings. The van der Waals surface area contributed by atoms with Gasteiger partial charge in [0.25, 0.3) is 0 Å². The van der Waals surface area contributed by atoms with Crippen LogP contribution in [0.5, 0.6) is 0 Å². The first-order valence-corrected chi connectivity index (χ1v) is 9.31. The van der Waals surface area contributed by atoms with Crippen LogP contribution in [-0.4, -0.2) is 44.8 Å². The smallest absolute Gasteiger partial charge is 0.243 e. The lowest BCUT2D eigenvalue weighted by Gasteiger charge is -2.32. The van der Waals surface area contributed by atoms with E-state index in [4.69, 9.17) is 0 Å². The average Bonchev–Trinajstić information content (AvgIpc) is 2.74. The van der Waals surface area contributed by atoms with Crippen LogP contribution in [0, 0.1) is 12.8 Å². The lowest BCUT2D eigenvalue weighted by molar-refractivity contribution is 0.427. The fraction of sp³-hybridized carbons (Fsp3) is 0.350. The predicted molar refractivity (Wildman–Crippen MR) is 105 cm³/mol. The van der Waals surface area contributed by atoms with Crippen molar-refractivity contribution in [2.45, 2.75) is 19.8 Å². The molecule has 1 atom stereocenters. The molecule has 27 heavy (non-hydrogen) atoms. The Balaban J connectivity index is 1.40. The highest BCUT2D eigenvalue weighted by molar-refractivity contribution is 5.63. The number of hydrogen-bond acceptors (Lipinski definition) is 7. The summed E-state index contributed by atoms with van der Waals surface area (Å²) in [7, 11) is 0. The Morgan fingerprint density at radius 2 is 2.00 bits per heavy atom. The van der Waals surface area contributed by atoms with Gasteiger partial charge in [-0.2, -0.15) is 5.10 Å². The highest BCUT2D eigenvalue weighted by atomic mass is 15.3. The van der Waals surface area contributed by atoms with Crippen molar-refractivity contribution < 1.29 is 0 Å². The van der Waals surface area contributed by atoms with Crippen LogP contribution < -0.4 is 10.2 Å². The van der Waals surface area contributed by atoms with E-state index in [2.05, 4.69) is 54.4 Å². The van der Waals surface area contributed by atoms with Crippen molar-refractivity contribution in [1.29, 1.82) is 0 Å². The van der Waals surface area contributed by atoms with E-state index >= 15 is 0 Å². The zero-order valence-corrected chi connectivity index (χ0v) is 15.4. The standard InChI is InChI=1S/C20H23N7/c1-15-6-2-3-8-17(15)18-13-24-26-19(25-18)23-12-16-7-4-11-27(14-16)20-21-9-5-10-22-20/h2-3,5-6,8-10,13,16H,4,7,11-12,14H2,1H3,(H,23,25,26). The predicted octanol–water partition coefficient (Wildman–Crippen LogP) is 2.97. The van der Waals surface area contributed by atoms with Gasteiger partial charge in [0.05, 0.1) is 11.9 Å². The van der Waals surface area contributed by atoms with Crippen molar-refractivity contribution in [2.75, 3.05) is 29.9 Å². The molecule has 1 fully saturated rings. The molecule has 7 nitrogen and oxygen atoms in total. The number of nitrogens with zero attached hydrogens (tertiary/aromatic N) is 6. The summed E-state index contributed by atoms with van der Waals surface area (Å²) in [6.45, 7) is 4.82. The Morgan fingerprint density at radius 3 is 2.85 bits per heavy atom. The molecule has 0 bridgehead atoms. The zero-order valence-electron chi connectivity index (χ0n) is 15.4. The van der Waals surface area contributed by atoms with Gasteiger partial charge in [-0.3, -0.25) is 0 Å². The van der Waals surface area contributed by atoms with Gasteiger partial charge in [-0.15, -0.1) is 5.10 Å². The van der Waals surface area contributed by atoms with Gasteiger partial charge in [-0.25, -0.2) is 15.0 Å². The molecular formula is C20H23N7. The molecule has 1 saturated heterocycles. The van der Waals surface area contributed by atoms with E-state index in [0.29, 0.717) is 11.9 Å². The largest absolute Gasteiger partial charge is 0.353 e. The molecule has 2 aromatic heterocycles. The van der Waals surface area contributed by atoms with Gasteiger partial charge in [0, 0.05) is 37.6 Å². The van der Waals surface area contributed by atoms with Crippen molar-refractivity contribution in [3.63, 3.8) is 0 Å². The molecule has 1 aliphatic heterocycles. The average molecular weight is 361 g/mol. The molecule has 138 valence electrons. The van der Waals surface area contributed by atoms with Gasteiger partial charge in [0.1, 0.15) is 0 Å². The number of aryl methyl sites for hydroxylation is 1. The zero-order chi connectivity index (χ0) is 18.5. The number of aromatic nitrogens is 5. The maximum absolute atomic E-state index is 4.64. The number of benzene rings is 1. The topological polar surface area (TPSA) is 79.7 Å². The van der Waals surface area contributed by atoms with Gasteiger partial charge >= 0.3 is 0 Å². The van der Waals surface area contributed by atoms with E-state index in [9.17, 15) is 0 Å². The Morgan fingerprint density at radius 1 is 1.15 bits per heavy atom. The Kier molecular flexibility index (Phi) is 5.18. The highest BCUT2D eigenvalue weighted by Crippen LogP contribution is 2.22. The van der Waals surface area contributed by atoms with Crippen molar-refractivity contribution in [3.05, 3.63) is 54.5 Å². The van der Waals surface area contributed by atoms with Gasteiger partial charge in [-0.1, -0.05) is 24.3 Å². The molecule has 0 aliphatic carbocycles. The lowest BCUT2D eigenvalue weighted by Crippen LogP contribution is -2.39. The van der Waals surface area contributed by atoms with Crippen LogP contribution in [0.4, 0.5) is 11.9 Å². The minimum atomic E-state index is 0.494. The molecule has 1 aliphatic rings. The molecule has 1 aromatic carbocycles. The van der Waals surface area contributed by atoms with E-state index in [-0.39, 0.29) is 0 Å². The maximum Gasteiger partial charge on any atom is 0.243 e. The van der Waals surface area contributed by atoms with Crippen molar-refractivity contribution in [1.82, 2.24) is 25.1 Å². The van der Waals surface area contributed by atoms with Crippen molar-refractivity contribution >= 4 is 11.9 Å². The van der Waals surface area contributed by atoms with Crippen LogP contribution in [0.2, 0.25) is 0 Å². The summed E-state index contributed by atoms with van der Waals surface area (Å²) in [4.78, 5) is 15.6. The normalized spacial score (nSPS) is 16.9. The molecule has 0 amide bonds. The summed E-state index contributed by atoms with van der Waals surface area (Å²) in [6, 6.07) is 10.0. The quantitative estimate of drug-likeness (QED) is 0.748. The van der Waals surface area contributed by atoms with Crippen LogP contribution in [-0.2, 0) is 0 Å². The first-order chi connectivity index (χ1) is 13.3. The second kappa shape index (κ2) is 8.07. The van der Waals surface area contributed by atoms with E-state index in [1.807, 2.05) is 18.2 Å². The SMILES string of the molecule is Cc1ccccc1-c1cnnc(NCC2CCCN(c3ncccn3)C2)n1. The summed E-state index contributed by atoms with van der Waals surface area (Å²) in [6.07, 6.45) is 7.60. The lowest BCUT2D eigenvalue weighted by atomic mass is 9.98. The minimum absolute atomic E-state index is 0.494. The van der Waals surface area contributed by atoms with Crippen LogP contribution >= 0.6 is 0 Å². The fourth-order valence-corrected chi connectivity index (χ4v) is 3.47. The Labute approximate surface area is 158 Å². The third-order valence-electron chi connectivity index (χ3n) is 4.88. The molecular weight excluding hydrogens is 338 g/mol. The molecule has 7 heteroatoms. The van der Waals surface area contributed by atoms with Gasteiger partial charge in [0.15, 0.2) is 0 Å². The Bertz CT molecular complexity index is 884. The molecule has 3 heterocycles.